The molecule has 106 valence electrons. The third-order valence-electron chi connectivity index (χ3n) is 2.44. The molecule has 0 atom stereocenters. The zero-order valence-electron chi connectivity index (χ0n) is 10.8. The van der Waals surface area contributed by atoms with Crippen LogP contribution in [0.3, 0.4) is 0 Å². The lowest BCUT2D eigenvalue weighted by Gasteiger charge is -2.15. The zero-order chi connectivity index (χ0) is 14.5. The molecule has 8 heteroatoms. The minimum atomic E-state index is -3.71. The number of carbonyl (C=O) groups is 1. The molecule has 0 unspecified atom stereocenters. The minimum Gasteiger partial charge on any atom is -0.464 e. The topological polar surface area (TPSA) is 76.6 Å². The Kier molecular flexibility index (Phi) is 5.64. The Bertz CT molecular complexity index is 551. The zero-order valence-corrected chi connectivity index (χ0v) is 12.5. The first-order chi connectivity index (χ1) is 8.95. The van der Waals surface area contributed by atoms with Gasteiger partial charge >= 0.3 is 5.97 Å². The number of unbranched alkanes of at least 4 members (excludes halogenated alkanes) is 1. The van der Waals surface area contributed by atoms with Crippen molar-refractivity contribution in [1.29, 1.82) is 0 Å². The molecule has 0 saturated heterocycles. The maximum absolute atomic E-state index is 12.3. The number of hydrogen-bond acceptors (Lipinski definition) is 6. The number of methoxy groups -OCH3 is 1. The summed E-state index contributed by atoms with van der Waals surface area (Å²) in [4.78, 5) is 15.2. The first-order valence-electron chi connectivity index (χ1n) is 5.54. The first kappa shape index (κ1) is 15.8. The minimum absolute atomic E-state index is 0.0829. The predicted molar refractivity (Wildman–Crippen MR) is 72.7 cm³/mol. The molecule has 1 aromatic rings. The first-order valence-corrected chi connectivity index (χ1v) is 7.86. The Hall–Kier alpha value is -1.25. The van der Waals surface area contributed by atoms with E-state index in [2.05, 4.69) is 16.3 Å². The van der Waals surface area contributed by atoms with Crippen LogP contribution in [0.5, 0.6) is 0 Å². The van der Waals surface area contributed by atoms with Gasteiger partial charge in [0.25, 0.3) is 10.0 Å². The van der Waals surface area contributed by atoms with Gasteiger partial charge in [0, 0.05) is 13.6 Å². The number of hydrogen-bond donors (Lipinski definition) is 0. The van der Waals surface area contributed by atoms with Gasteiger partial charge in [-0.1, -0.05) is 6.08 Å². The fourth-order valence-electron chi connectivity index (χ4n) is 1.37. The summed E-state index contributed by atoms with van der Waals surface area (Å²) in [5.74, 6) is -0.751. The lowest BCUT2D eigenvalue weighted by molar-refractivity contribution is 0.0590. The number of allylic oxidation sites excluding steroid dienone is 1. The molecule has 0 aliphatic rings. The number of carbonyl (C=O) groups excluding carboxylic acids is 1. The summed E-state index contributed by atoms with van der Waals surface area (Å²) >= 11 is 0.906. The highest BCUT2D eigenvalue weighted by Gasteiger charge is 2.29. The molecule has 1 heterocycles. The predicted octanol–water partition coefficient (Wildman–Crippen LogP) is 1.52. The molecule has 0 saturated carbocycles. The monoisotopic (exact) mass is 304 g/mol. The summed E-state index contributed by atoms with van der Waals surface area (Å²) in [5, 5.41) is 0. The molecule has 0 aliphatic carbocycles. The van der Waals surface area contributed by atoms with Crippen LogP contribution in [0, 0.1) is 0 Å². The molecule has 0 amide bonds. The van der Waals surface area contributed by atoms with E-state index in [0.717, 1.165) is 17.8 Å². The summed E-state index contributed by atoms with van der Waals surface area (Å²) in [6.45, 7) is 3.93. The summed E-state index contributed by atoms with van der Waals surface area (Å²) in [6, 6.07) is 0. The highest BCUT2D eigenvalue weighted by Crippen LogP contribution is 2.24. The van der Waals surface area contributed by atoms with Gasteiger partial charge in [-0.25, -0.2) is 22.5 Å². The molecule has 0 bridgehead atoms. The van der Waals surface area contributed by atoms with E-state index >= 15 is 0 Å². The number of rotatable bonds is 7. The Morgan fingerprint density at radius 3 is 2.89 bits per heavy atom. The maximum atomic E-state index is 12.3. The molecule has 19 heavy (non-hydrogen) atoms. The maximum Gasteiger partial charge on any atom is 0.358 e. The SMILES string of the molecule is C=CCCCN(C)S(=O)(=O)c1scnc1C(=O)OC. The molecule has 6 nitrogen and oxygen atoms in total. The second-order valence-corrected chi connectivity index (χ2v) is 6.83. The van der Waals surface area contributed by atoms with E-state index in [9.17, 15) is 13.2 Å². The standard InChI is InChI=1S/C11H16N2O4S2/c1-4-5-6-7-13(2)19(15,16)11-9(10(14)17-3)12-8-18-11/h4,8H,1,5-7H2,2-3H3. The Morgan fingerprint density at radius 1 is 1.63 bits per heavy atom. The van der Waals surface area contributed by atoms with E-state index < -0.39 is 16.0 Å². The normalized spacial score (nSPS) is 11.5. The average molecular weight is 304 g/mol. The van der Waals surface area contributed by atoms with Crippen molar-refractivity contribution in [1.82, 2.24) is 9.29 Å². The quantitative estimate of drug-likeness (QED) is 0.433. The van der Waals surface area contributed by atoms with Crippen LogP contribution in [0.25, 0.3) is 0 Å². The molecular weight excluding hydrogens is 288 g/mol. The van der Waals surface area contributed by atoms with Crippen molar-refractivity contribution in [2.24, 2.45) is 0 Å². The second kappa shape index (κ2) is 6.78. The molecule has 0 N–H and O–H groups in total. The van der Waals surface area contributed by atoms with E-state index in [1.807, 2.05) is 0 Å². The van der Waals surface area contributed by atoms with Crippen molar-refractivity contribution in [3.63, 3.8) is 0 Å². The van der Waals surface area contributed by atoms with Crippen molar-refractivity contribution in [2.45, 2.75) is 17.1 Å². The second-order valence-electron chi connectivity index (χ2n) is 3.74. The van der Waals surface area contributed by atoms with Crippen molar-refractivity contribution in [3.05, 3.63) is 23.9 Å². The van der Waals surface area contributed by atoms with Crippen molar-refractivity contribution >= 4 is 27.3 Å². The van der Waals surface area contributed by atoms with Crippen molar-refractivity contribution in [3.8, 4) is 0 Å². The van der Waals surface area contributed by atoms with E-state index in [4.69, 9.17) is 0 Å². The number of ether oxygens (including phenoxy) is 1. The molecule has 0 spiro atoms. The highest BCUT2D eigenvalue weighted by molar-refractivity contribution is 7.91. The Labute approximate surface area is 116 Å². The van der Waals surface area contributed by atoms with Crippen LogP contribution in [0.4, 0.5) is 0 Å². The van der Waals surface area contributed by atoms with Gasteiger partial charge in [0.15, 0.2) is 9.90 Å². The third-order valence-corrected chi connectivity index (χ3v) is 5.64. The average Bonchev–Trinajstić information content (AvgIpc) is 2.87. The summed E-state index contributed by atoms with van der Waals surface area (Å²) in [5.41, 5.74) is 1.15. The molecular formula is C11H16N2O4S2. The number of sulfonamides is 1. The van der Waals surface area contributed by atoms with Gasteiger partial charge in [-0.3, -0.25) is 0 Å². The largest absolute Gasteiger partial charge is 0.464 e. The van der Waals surface area contributed by atoms with Gasteiger partial charge in [0.2, 0.25) is 0 Å². The van der Waals surface area contributed by atoms with Gasteiger partial charge in [-0.15, -0.1) is 17.9 Å². The summed E-state index contributed by atoms with van der Waals surface area (Å²) in [6.07, 6.45) is 3.13. The van der Waals surface area contributed by atoms with Crippen LogP contribution < -0.4 is 0 Å². The van der Waals surface area contributed by atoms with Crippen molar-refractivity contribution in [2.75, 3.05) is 20.7 Å². The molecule has 1 aromatic heterocycles. The molecule has 1 rings (SSSR count). The van der Waals surface area contributed by atoms with E-state index in [1.165, 1.54) is 24.0 Å². The molecule has 0 radical (unpaired) electrons. The van der Waals surface area contributed by atoms with Gasteiger partial charge < -0.3 is 4.74 Å². The highest BCUT2D eigenvalue weighted by atomic mass is 32.2. The molecule has 0 aromatic carbocycles. The number of esters is 1. The van der Waals surface area contributed by atoms with Crippen LogP contribution in [0.1, 0.15) is 23.3 Å². The van der Waals surface area contributed by atoms with Gasteiger partial charge in [0.1, 0.15) is 0 Å². The van der Waals surface area contributed by atoms with Crippen molar-refractivity contribution < 1.29 is 17.9 Å². The van der Waals surface area contributed by atoms with Crippen LogP contribution in [0.15, 0.2) is 22.4 Å². The third kappa shape index (κ3) is 3.62. The fourth-order valence-corrected chi connectivity index (χ4v) is 3.90. The lowest BCUT2D eigenvalue weighted by atomic mass is 10.3. The Balaban J connectivity index is 2.97. The van der Waals surface area contributed by atoms with Gasteiger partial charge in [0.05, 0.1) is 12.6 Å². The Morgan fingerprint density at radius 2 is 2.32 bits per heavy atom. The smallest absolute Gasteiger partial charge is 0.358 e. The van der Waals surface area contributed by atoms with Crippen LogP contribution in [-0.2, 0) is 14.8 Å². The van der Waals surface area contributed by atoms with Crippen LogP contribution in [-0.4, -0.2) is 44.4 Å². The van der Waals surface area contributed by atoms with Crippen LogP contribution >= 0.6 is 11.3 Å². The van der Waals surface area contributed by atoms with Gasteiger partial charge in [-0.2, -0.15) is 0 Å². The van der Waals surface area contributed by atoms with E-state index in [-0.39, 0.29) is 9.90 Å². The summed E-state index contributed by atoms with van der Waals surface area (Å²) < 4.78 is 30.2. The number of aromatic nitrogens is 1. The summed E-state index contributed by atoms with van der Waals surface area (Å²) in [7, 11) is -1.05. The number of nitrogens with zero attached hydrogens (tertiary/aromatic N) is 2. The van der Waals surface area contributed by atoms with Crippen LogP contribution in [0.2, 0.25) is 0 Å². The van der Waals surface area contributed by atoms with E-state index in [0.29, 0.717) is 13.0 Å². The number of thiazole rings is 1. The van der Waals surface area contributed by atoms with E-state index in [1.54, 1.807) is 6.08 Å². The molecule has 0 aliphatic heterocycles. The lowest BCUT2D eigenvalue weighted by Crippen LogP contribution is -2.28. The van der Waals surface area contributed by atoms with Gasteiger partial charge in [-0.05, 0) is 12.8 Å². The molecule has 0 fully saturated rings. The fraction of sp³-hybridized carbons (Fsp3) is 0.455.